The molecule has 13 heavy (non-hydrogen) atoms. The number of halogens is 1. The highest BCUT2D eigenvalue weighted by Gasteiger charge is 1.90. The minimum absolute atomic E-state index is 0.348. The van der Waals surface area contributed by atoms with Gasteiger partial charge >= 0.3 is 0 Å². The van der Waals surface area contributed by atoms with Crippen molar-refractivity contribution in [2.45, 2.75) is 51.4 Å². The van der Waals surface area contributed by atoms with Crippen molar-refractivity contribution in [1.29, 1.82) is 0 Å². The van der Waals surface area contributed by atoms with Gasteiger partial charge in [-0.2, -0.15) is 0 Å². The Bertz CT molecular complexity index is 146. The second-order valence-corrected chi connectivity index (χ2v) is 3.62. The lowest BCUT2D eigenvalue weighted by molar-refractivity contribution is 0.282. The smallest absolute Gasteiger partial charge is 0.0431 e. The van der Waals surface area contributed by atoms with Crippen LogP contribution in [0.1, 0.15) is 51.4 Å². The van der Waals surface area contributed by atoms with Gasteiger partial charge in [-0.1, -0.05) is 38.0 Å². The van der Waals surface area contributed by atoms with Crippen LogP contribution >= 0.6 is 15.9 Å². The number of aliphatic hydroxyl groups is 1. The highest BCUT2D eigenvalue weighted by molar-refractivity contribution is 9.12. The first kappa shape index (κ1) is 13.0. The number of aliphatic hydroxyl groups excluding tert-OH is 1. The van der Waals surface area contributed by atoms with Crippen LogP contribution in [0.3, 0.4) is 0 Å². The SMILES string of the molecule is OCCCCCCCCCC#CBr. The third-order valence-electron chi connectivity index (χ3n) is 2.03. The van der Waals surface area contributed by atoms with E-state index >= 15 is 0 Å². The Kier molecular flexibility index (Phi) is 12.0. The Hall–Kier alpha value is 0. The first-order chi connectivity index (χ1) is 6.41. The Morgan fingerprint density at radius 2 is 1.38 bits per heavy atom. The molecule has 0 fully saturated rings. The normalized spacial score (nSPS) is 9.38. The summed E-state index contributed by atoms with van der Waals surface area (Å²) < 4.78 is 0. The van der Waals surface area contributed by atoms with Crippen molar-refractivity contribution in [3.8, 4) is 10.8 Å². The Balaban J connectivity index is 2.86. The van der Waals surface area contributed by atoms with Crippen LogP contribution in [0.4, 0.5) is 0 Å². The standard InChI is InChI=1S/C11H19BrO/c12-10-8-6-4-2-1-3-5-7-9-11-13/h13H,1-7,9,11H2. The van der Waals surface area contributed by atoms with Gasteiger partial charge in [0, 0.05) is 29.0 Å². The quantitative estimate of drug-likeness (QED) is 0.514. The second kappa shape index (κ2) is 12.0. The van der Waals surface area contributed by atoms with Crippen LogP contribution in [-0.4, -0.2) is 11.7 Å². The summed E-state index contributed by atoms with van der Waals surface area (Å²) in [6, 6.07) is 0. The topological polar surface area (TPSA) is 20.2 Å². The molecule has 0 heterocycles. The molecule has 0 bridgehead atoms. The summed E-state index contributed by atoms with van der Waals surface area (Å²) in [6.45, 7) is 0.348. The Labute approximate surface area is 90.0 Å². The van der Waals surface area contributed by atoms with Crippen LogP contribution in [0.5, 0.6) is 0 Å². The van der Waals surface area contributed by atoms with Crippen molar-refractivity contribution in [1.82, 2.24) is 0 Å². The number of hydrogen-bond donors (Lipinski definition) is 1. The van der Waals surface area contributed by atoms with Crippen molar-refractivity contribution < 1.29 is 5.11 Å². The van der Waals surface area contributed by atoms with Crippen LogP contribution in [0.25, 0.3) is 0 Å². The van der Waals surface area contributed by atoms with E-state index in [0.29, 0.717) is 6.61 Å². The molecule has 0 aromatic carbocycles. The molecule has 1 nitrogen and oxygen atoms in total. The van der Waals surface area contributed by atoms with Gasteiger partial charge in [0.1, 0.15) is 0 Å². The van der Waals surface area contributed by atoms with E-state index in [9.17, 15) is 0 Å². The van der Waals surface area contributed by atoms with E-state index < -0.39 is 0 Å². The summed E-state index contributed by atoms with van der Waals surface area (Å²) >= 11 is 3.08. The fourth-order valence-corrected chi connectivity index (χ4v) is 1.45. The third kappa shape index (κ3) is 12.0. The first-order valence-corrected chi connectivity index (χ1v) is 5.90. The van der Waals surface area contributed by atoms with Crippen molar-refractivity contribution >= 4 is 15.9 Å². The molecule has 0 aromatic heterocycles. The molecule has 1 N–H and O–H groups in total. The number of unbranched alkanes of at least 4 members (excludes halogenated alkanes) is 7. The fourth-order valence-electron chi connectivity index (χ4n) is 1.26. The maximum atomic E-state index is 8.55. The van der Waals surface area contributed by atoms with Crippen molar-refractivity contribution in [3.05, 3.63) is 0 Å². The van der Waals surface area contributed by atoms with E-state index in [1.807, 2.05) is 0 Å². The van der Waals surface area contributed by atoms with Gasteiger partial charge in [-0.25, -0.2) is 0 Å². The van der Waals surface area contributed by atoms with E-state index in [-0.39, 0.29) is 0 Å². The summed E-state index contributed by atoms with van der Waals surface area (Å²) in [5.74, 6) is 2.99. The summed E-state index contributed by atoms with van der Waals surface area (Å²) in [4.78, 5) is 2.72. The fraction of sp³-hybridized carbons (Fsp3) is 0.818. The van der Waals surface area contributed by atoms with E-state index in [1.54, 1.807) is 0 Å². The van der Waals surface area contributed by atoms with Crippen molar-refractivity contribution in [3.63, 3.8) is 0 Å². The average molecular weight is 247 g/mol. The molecule has 0 aliphatic carbocycles. The predicted octanol–water partition coefficient (Wildman–Crippen LogP) is 3.46. The van der Waals surface area contributed by atoms with Gasteiger partial charge < -0.3 is 5.11 Å². The number of rotatable bonds is 8. The lowest BCUT2D eigenvalue weighted by Crippen LogP contribution is -1.83. The largest absolute Gasteiger partial charge is 0.396 e. The van der Waals surface area contributed by atoms with Gasteiger partial charge in [0.2, 0.25) is 0 Å². The molecule has 2 heteroatoms. The zero-order chi connectivity index (χ0) is 9.78. The highest BCUT2D eigenvalue weighted by Crippen LogP contribution is 2.07. The molecule has 0 saturated heterocycles. The average Bonchev–Trinajstić information content (AvgIpc) is 2.16. The van der Waals surface area contributed by atoms with E-state index in [2.05, 4.69) is 26.7 Å². The molecule has 76 valence electrons. The minimum Gasteiger partial charge on any atom is -0.396 e. The van der Waals surface area contributed by atoms with Crippen LogP contribution < -0.4 is 0 Å². The van der Waals surface area contributed by atoms with Crippen LogP contribution in [0.2, 0.25) is 0 Å². The Morgan fingerprint density at radius 1 is 0.846 bits per heavy atom. The van der Waals surface area contributed by atoms with Gasteiger partial charge in [0.25, 0.3) is 0 Å². The van der Waals surface area contributed by atoms with Gasteiger partial charge in [0.15, 0.2) is 0 Å². The summed E-state index contributed by atoms with van der Waals surface area (Å²) in [5.41, 5.74) is 0. The molecule has 0 amide bonds. The van der Waals surface area contributed by atoms with Gasteiger partial charge in [-0.3, -0.25) is 0 Å². The van der Waals surface area contributed by atoms with Crippen LogP contribution in [-0.2, 0) is 0 Å². The second-order valence-electron chi connectivity index (χ2n) is 3.22. The van der Waals surface area contributed by atoms with Gasteiger partial charge in [0.05, 0.1) is 0 Å². The predicted molar refractivity (Wildman–Crippen MR) is 60.7 cm³/mol. The molecule has 0 radical (unpaired) electrons. The summed E-state index contributed by atoms with van der Waals surface area (Å²) in [6.07, 6.45) is 9.57. The van der Waals surface area contributed by atoms with E-state index in [1.165, 1.54) is 38.5 Å². The van der Waals surface area contributed by atoms with Crippen molar-refractivity contribution in [2.75, 3.05) is 6.61 Å². The molecule has 0 aliphatic rings. The molecular weight excluding hydrogens is 228 g/mol. The zero-order valence-electron chi connectivity index (χ0n) is 8.19. The van der Waals surface area contributed by atoms with Gasteiger partial charge in [-0.15, -0.1) is 0 Å². The number of hydrogen-bond acceptors (Lipinski definition) is 1. The lowest BCUT2D eigenvalue weighted by atomic mass is 10.1. The van der Waals surface area contributed by atoms with Gasteiger partial charge in [-0.05, 0) is 17.7 Å². The minimum atomic E-state index is 0.348. The maximum Gasteiger partial charge on any atom is 0.0431 e. The molecule has 0 spiro atoms. The van der Waals surface area contributed by atoms with E-state index in [0.717, 1.165) is 12.8 Å². The zero-order valence-corrected chi connectivity index (χ0v) is 9.78. The molecule has 0 aromatic rings. The molecular formula is C11H19BrO. The molecule has 0 atom stereocenters. The van der Waals surface area contributed by atoms with Crippen LogP contribution in [0.15, 0.2) is 0 Å². The summed E-state index contributed by atoms with van der Waals surface area (Å²) in [5, 5.41) is 8.55. The lowest BCUT2D eigenvalue weighted by Gasteiger charge is -1.98. The summed E-state index contributed by atoms with van der Waals surface area (Å²) in [7, 11) is 0. The monoisotopic (exact) mass is 246 g/mol. The van der Waals surface area contributed by atoms with Crippen LogP contribution in [0, 0.1) is 10.8 Å². The molecule has 0 saturated carbocycles. The first-order valence-electron chi connectivity index (χ1n) is 5.11. The van der Waals surface area contributed by atoms with Crippen molar-refractivity contribution in [2.24, 2.45) is 0 Å². The molecule has 0 rings (SSSR count). The molecule has 0 unspecified atom stereocenters. The maximum absolute atomic E-state index is 8.55. The van der Waals surface area contributed by atoms with E-state index in [4.69, 9.17) is 5.11 Å². The molecule has 0 aliphatic heterocycles. The highest BCUT2D eigenvalue weighted by atomic mass is 79.9. The Morgan fingerprint density at radius 3 is 1.92 bits per heavy atom. The third-order valence-corrected chi connectivity index (χ3v) is 2.31.